The van der Waals surface area contributed by atoms with Gasteiger partial charge in [-0.1, -0.05) is 6.07 Å². The van der Waals surface area contributed by atoms with Crippen LogP contribution in [0.4, 0.5) is 4.79 Å². The summed E-state index contributed by atoms with van der Waals surface area (Å²) in [6.07, 6.45) is -0.214. The van der Waals surface area contributed by atoms with E-state index in [-0.39, 0.29) is 12.2 Å². The topological polar surface area (TPSA) is 84.9 Å². The number of nitrogens with one attached hydrogen (secondary N) is 1. The van der Waals surface area contributed by atoms with Gasteiger partial charge in [-0.3, -0.25) is 4.79 Å². The first-order valence-corrected chi connectivity index (χ1v) is 8.75. The van der Waals surface area contributed by atoms with E-state index in [0.717, 1.165) is 11.1 Å². The smallest absolute Gasteiger partial charge is 0.407 e. The SMILES string of the molecule is Cc1ccc(O)cc1C[C@H](CC(=O)OC(C)(C)C)NC(=O)OC(C)(C)C. The van der Waals surface area contributed by atoms with Gasteiger partial charge in [0.2, 0.25) is 0 Å². The number of hydrogen-bond acceptors (Lipinski definition) is 5. The van der Waals surface area contributed by atoms with Crippen LogP contribution in [0.5, 0.6) is 5.75 Å². The fourth-order valence-electron chi connectivity index (χ4n) is 2.38. The number of hydrogen-bond donors (Lipinski definition) is 2. The molecule has 1 aromatic carbocycles. The van der Waals surface area contributed by atoms with E-state index in [4.69, 9.17) is 9.47 Å². The van der Waals surface area contributed by atoms with Crippen molar-refractivity contribution in [3.63, 3.8) is 0 Å². The summed E-state index contributed by atoms with van der Waals surface area (Å²) in [5.41, 5.74) is 0.563. The average Bonchev–Trinajstić information content (AvgIpc) is 2.38. The Morgan fingerprint density at radius 2 is 1.65 bits per heavy atom. The highest BCUT2D eigenvalue weighted by Crippen LogP contribution is 2.19. The van der Waals surface area contributed by atoms with Gasteiger partial charge in [-0.15, -0.1) is 0 Å². The minimum absolute atomic E-state index is 0.00556. The second-order valence-corrected chi connectivity index (χ2v) is 8.45. The predicted octanol–water partition coefficient (Wildman–Crippen LogP) is 3.87. The van der Waals surface area contributed by atoms with Gasteiger partial charge in [0.1, 0.15) is 17.0 Å². The van der Waals surface area contributed by atoms with Crippen LogP contribution in [0.1, 0.15) is 59.1 Å². The van der Waals surface area contributed by atoms with Crippen LogP contribution < -0.4 is 5.32 Å². The molecule has 0 aliphatic heterocycles. The number of carbonyl (C=O) groups excluding carboxylic acids is 2. The monoisotopic (exact) mass is 365 g/mol. The summed E-state index contributed by atoms with van der Waals surface area (Å²) in [4.78, 5) is 24.4. The quantitative estimate of drug-likeness (QED) is 0.774. The van der Waals surface area contributed by atoms with Crippen LogP contribution in [-0.4, -0.2) is 34.4 Å². The summed E-state index contributed by atoms with van der Waals surface area (Å²) in [5, 5.41) is 12.5. The maximum Gasteiger partial charge on any atom is 0.407 e. The van der Waals surface area contributed by atoms with E-state index in [1.807, 2.05) is 6.92 Å². The van der Waals surface area contributed by atoms with Crippen molar-refractivity contribution in [3.05, 3.63) is 29.3 Å². The lowest BCUT2D eigenvalue weighted by atomic mass is 9.99. The number of benzene rings is 1. The Balaban J connectivity index is 2.91. The van der Waals surface area contributed by atoms with E-state index in [0.29, 0.717) is 6.42 Å². The Labute approximate surface area is 155 Å². The first-order chi connectivity index (χ1) is 11.7. The first-order valence-electron chi connectivity index (χ1n) is 8.75. The summed E-state index contributed by atoms with van der Waals surface area (Å²) in [6, 6.07) is 4.51. The first kappa shape index (κ1) is 21.8. The van der Waals surface area contributed by atoms with Crippen LogP contribution in [-0.2, 0) is 20.7 Å². The molecule has 0 saturated carbocycles. The van der Waals surface area contributed by atoms with Gasteiger partial charge >= 0.3 is 12.1 Å². The fraction of sp³-hybridized carbons (Fsp3) is 0.600. The van der Waals surface area contributed by atoms with Gasteiger partial charge in [0.15, 0.2) is 0 Å². The maximum atomic E-state index is 12.2. The Morgan fingerprint density at radius 3 is 2.19 bits per heavy atom. The number of rotatable bonds is 5. The lowest BCUT2D eigenvalue weighted by Crippen LogP contribution is -2.42. The van der Waals surface area contributed by atoms with E-state index < -0.39 is 29.3 Å². The summed E-state index contributed by atoms with van der Waals surface area (Å²) in [7, 11) is 0. The third-order valence-corrected chi connectivity index (χ3v) is 3.35. The second-order valence-electron chi connectivity index (χ2n) is 8.45. The van der Waals surface area contributed by atoms with Gasteiger partial charge in [0, 0.05) is 6.04 Å². The number of phenolic OH excluding ortho intramolecular Hbond substituents is 1. The number of amides is 1. The number of ether oxygens (including phenoxy) is 2. The lowest BCUT2D eigenvalue weighted by Gasteiger charge is -2.25. The van der Waals surface area contributed by atoms with Gasteiger partial charge in [0.25, 0.3) is 0 Å². The molecule has 1 amide bonds. The third-order valence-electron chi connectivity index (χ3n) is 3.35. The molecule has 0 saturated heterocycles. The normalized spacial score (nSPS) is 13.0. The Hall–Kier alpha value is -2.24. The van der Waals surface area contributed by atoms with Crippen molar-refractivity contribution in [2.24, 2.45) is 0 Å². The van der Waals surface area contributed by atoms with Crippen LogP contribution in [0, 0.1) is 6.92 Å². The molecule has 0 radical (unpaired) electrons. The zero-order valence-corrected chi connectivity index (χ0v) is 16.8. The molecule has 0 heterocycles. The Morgan fingerprint density at radius 1 is 1.08 bits per heavy atom. The standard InChI is InChI=1S/C20H31NO5/c1-13-8-9-16(22)11-14(13)10-15(12-17(23)25-19(2,3)4)21-18(24)26-20(5,6)7/h8-9,11,15,22H,10,12H2,1-7H3,(H,21,24)/t15-/m1/s1. The van der Waals surface area contributed by atoms with E-state index in [2.05, 4.69) is 5.32 Å². The van der Waals surface area contributed by atoms with Crippen molar-refractivity contribution in [1.82, 2.24) is 5.32 Å². The molecule has 1 rings (SSSR count). The second kappa shape index (κ2) is 8.43. The third kappa shape index (κ3) is 8.74. The molecule has 0 bridgehead atoms. The molecular weight excluding hydrogens is 334 g/mol. The molecule has 2 N–H and O–H groups in total. The highest BCUT2D eigenvalue weighted by Gasteiger charge is 2.25. The number of esters is 1. The Kier molecular flexibility index (Phi) is 7.07. The van der Waals surface area contributed by atoms with Gasteiger partial charge in [-0.2, -0.15) is 0 Å². The number of carbonyl (C=O) groups is 2. The van der Waals surface area contributed by atoms with Crippen molar-refractivity contribution in [2.45, 2.75) is 78.6 Å². The molecule has 0 aliphatic rings. The van der Waals surface area contributed by atoms with Crippen molar-refractivity contribution in [2.75, 3.05) is 0 Å². The molecule has 26 heavy (non-hydrogen) atoms. The van der Waals surface area contributed by atoms with Crippen LogP contribution in [0.15, 0.2) is 18.2 Å². The largest absolute Gasteiger partial charge is 0.508 e. The van der Waals surface area contributed by atoms with Gasteiger partial charge in [-0.05, 0) is 78.1 Å². The molecule has 1 aromatic rings. The molecule has 0 aliphatic carbocycles. The average molecular weight is 365 g/mol. The highest BCUT2D eigenvalue weighted by molar-refractivity contribution is 5.73. The minimum Gasteiger partial charge on any atom is -0.508 e. The highest BCUT2D eigenvalue weighted by atomic mass is 16.6. The lowest BCUT2D eigenvalue weighted by molar-refractivity contribution is -0.155. The summed E-state index contributed by atoms with van der Waals surface area (Å²) >= 11 is 0. The van der Waals surface area contributed by atoms with Crippen molar-refractivity contribution < 1.29 is 24.2 Å². The maximum absolute atomic E-state index is 12.2. The summed E-state index contributed by atoms with van der Waals surface area (Å²) in [6.45, 7) is 12.6. The van der Waals surface area contributed by atoms with Crippen LogP contribution in [0.3, 0.4) is 0 Å². The Bertz CT molecular complexity index is 611. The molecule has 6 heteroatoms. The van der Waals surface area contributed by atoms with Crippen molar-refractivity contribution in [1.29, 1.82) is 0 Å². The number of aryl methyl sites for hydroxylation is 1. The zero-order chi connectivity index (χ0) is 20.1. The number of aromatic hydroxyl groups is 1. The number of phenols is 1. The van der Waals surface area contributed by atoms with Gasteiger partial charge in [-0.25, -0.2) is 4.79 Å². The van der Waals surface area contributed by atoms with E-state index in [9.17, 15) is 14.7 Å². The fourth-order valence-corrected chi connectivity index (χ4v) is 2.38. The minimum atomic E-state index is -0.637. The number of alkyl carbamates (subject to hydrolysis) is 1. The molecule has 0 unspecified atom stereocenters. The van der Waals surface area contributed by atoms with Crippen LogP contribution >= 0.6 is 0 Å². The van der Waals surface area contributed by atoms with Crippen LogP contribution in [0.2, 0.25) is 0 Å². The van der Waals surface area contributed by atoms with Crippen molar-refractivity contribution in [3.8, 4) is 5.75 Å². The molecule has 0 spiro atoms. The molecule has 1 atom stereocenters. The van der Waals surface area contributed by atoms with Crippen LogP contribution in [0.25, 0.3) is 0 Å². The van der Waals surface area contributed by atoms with E-state index in [1.165, 1.54) is 0 Å². The molecule has 0 fully saturated rings. The summed E-state index contributed by atoms with van der Waals surface area (Å²) in [5.74, 6) is -0.268. The molecule has 146 valence electrons. The van der Waals surface area contributed by atoms with Gasteiger partial charge in [0.05, 0.1) is 6.42 Å². The molecule has 6 nitrogen and oxygen atoms in total. The molecule has 0 aromatic heterocycles. The predicted molar refractivity (Wildman–Crippen MR) is 100 cm³/mol. The van der Waals surface area contributed by atoms with E-state index in [1.54, 1.807) is 59.7 Å². The van der Waals surface area contributed by atoms with Gasteiger partial charge < -0.3 is 19.9 Å². The van der Waals surface area contributed by atoms with E-state index >= 15 is 0 Å². The molecular formula is C20H31NO5. The van der Waals surface area contributed by atoms with Crippen molar-refractivity contribution >= 4 is 12.1 Å². The zero-order valence-electron chi connectivity index (χ0n) is 16.8. The summed E-state index contributed by atoms with van der Waals surface area (Å²) < 4.78 is 10.7.